The van der Waals surface area contributed by atoms with E-state index in [-0.39, 0.29) is 19.0 Å². The lowest BCUT2D eigenvalue weighted by atomic mass is 10.0. The van der Waals surface area contributed by atoms with E-state index < -0.39 is 30.3 Å². The molecule has 0 saturated heterocycles. The van der Waals surface area contributed by atoms with Crippen molar-refractivity contribution in [3.63, 3.8) is 0 Å². The Morgan fingerprint density at radius 2 is 2.08 bits per heavy atom. The van der Waals surface area contributed by atoms with Crippen molar-refractivity contribution in [2.75, 3.05) is 13.3 Å². The van der Waals surface area contributed by atoms with Crippen LogP contribution in [0.15, 0.2) is 12.3 Å². The maximum Gasteiger partial charge on any atom is 0.424 e. The minimum Gasteiger partial charge on any atom is -0.474 e. The molecule has 10 heteroatoms. The lowest BCUT2D eigenvalue weighted by molar-refractivity contribution is -0.262. The van der Waals surface area contributed by atoms with E-state index in [9.17, 15) is 22.7 Å². The van der Waals surface area contributed by atoms with E-state index in [0.29, 0.717) is 18.3 Å². The van der Waals surface area contributed by atoms with Crippen molar-refractivity contribution in [1.29, 1.82) is 0 Å². The molecule has 1 aliphatic heterocycles. The zero-order valence-electron chi connectivity index (χ0n) is 13.0. The molecule has 1 aliphatic rings. The topological polar surface area (TPSA) is 65.1 Å². The van der Waals surface area contributed by atoms with Crippen LogP contribution >= 0.6 is 0 Å². The van der Waals surface area contributed by atoms with Crippen LogP contribution in [0.25, 0.3) is 11.4 Å². The number of hydrogen-bond donors (Lipinski definition) is 1. The first-order chi connectivity index (χ1) is 11.2. The Labute approximate surface area is 134 Å². The summed E-state index contributed by atoms with van der Waals surface area (Å²) < 4.78 is 59.7. The predicted octanol–water partition coefficient (Wildman–Crippen LogP) is 2.44. The van der Waals surface area contributed by atoms with Crippen LogP contribution in [0.3, 0.4) is 0 Å². The first kappa shape index (κ1) is 16.7. The van der Waals surface area contributed by atoms with Gasteiger partial charge in [0.1, 0.15) is 13.3 Å². The van der Waals surface area contributed by atoms with Crippen LogP contribution < -0.4 is 4.74 Å². The second-order valence-electron chi connectivity index (χ2n) is 5.84. The summed E-state index contributed by atoms with van der Waals surface area (Å²) in [5.41, 5.74) is -2.19. The molecule has 2 atom stereocenters. The van der Waals surface area contributed by atoms with Crippen molar-refractivity contribution < 1.29 is 27.4 Å². The van der Waals surface area contributed by atoms with Crippen molar-refractivity contribution in [3.8, 4) is 17.3 Å². The van der Waals surface area contributed by atoms with Crippen molar-refractivity contribution in [1.82, 2.24) is 19.3 Å². The van der Waals surface area contributed by atoms with E-state index >= 15 is 0 Å². The highest BCUT2D eigenvalue weighted by molar-refractivity contribution is 5.58. The second kappa shape index (κ2) is 5.47. The van der Waals surface area contributed by atoms with Gasteiger partial charge in [-0.15, -0.1) is 5.10 Å². The third kappa shape index (κ3) is 2.45. The van der Waals surface area contributed by atoms with Crippen molar-refractivity contribution in [3.05, 3.63) is 18.1 Å². The van der Waals surface area contributed by atoms with Crippen LogP contribution in [0.1, 0.15) is 25.7 Å². The van der Waals surface area contributed by atoms with E-state index in [0.717, 1.165) is 0 Å². The average molecular weight is 348 g/mol. The molecule has 0 fully saturated rings. The summed E-state index contributed by atoms with van der Waals surface area (Å²) in [4.78, 5) is 3.81. The average Bonchev–Trinajstić information content (AvgIpc) is 3.07. The molecule has 0 spiro atoms. The molecule has 0 bridgehead atoms. The molecule has 0 radical (unpaired) electrons. The van der Waals surface area contributed by atoms with E-state index in [1.807, 2.05) is 0 Å². The molecule has 24 heavy (non-hydrogen) atoms. The molecule has 0 aromatic carbocycles. The Balaban J connectivity index is 2.07. The summed E-state index contributed by atoms with van der Waals surface area (Å²) in [5, 5.41) is 14.1. The van der Waals surface area contributed by atoms with Crippen LogP contribution in [-0.4, -0.2) is 43.9 Å². The predicted molar refractivity (Wildman–Crippen MR) is 75.3 cm³/mol. The van der Waals surface area contributed by atoms with Gasteiger partial charge >= 0.3 is 6.18 Å². The van der Waals surface area contributed by atoms with Crippen LogP contribution in [0.4, 0.5) is 17.6 Å². The molecular weight excluding hydrogens is 332 g/mol. The number of aliphatic hydroxyl groups is 1. The highest BCUT2D eigenvalue weighted by Crippen LogP contribution is 2.42. The smallest absolute Gasteiger partial charge is 0.424 e. The molecule has 132 valence electrons. The summed E-state index contributed by atoms with van der Waals surface area (Å²) in [5.74, 6) is -0.287. The molecule has 2 aromatic rings. The highest BCUT2D eigenvalue weighted by atomic mass is 19.4. The Kier molecular flexibility index (Phi) is 3.82. The molecule has 3 rings (SSSR count). The normalized spacial score (nSPS) is 19.5. The molecule has 0 amide bonds. The van der Waals surface area contributed by atoms with Gasteiger partial charge in [-0.1, -0.05) is 0 Å². The largest absolute Gasteiger partial charge is 0.474 e. The lowest BCUT2D eigenvalue weighted by Crippen LogP contribution is -2.42. The van der Waals surface area contributed by atoms with Gasteiger partial charge in [-0.3, -0.25) is 4.68 Å². The van der Waals surface area contributed by atoms with E-state index in [1.54, 1.807) is 11.6 Å². The number of imidazole rings is 1. The first-order valence-electron chi connectivity index (χ1n) is 7.30. The minimum atomic E-state index is -4.86. The molecule has 3 heterocycles. The first-order valence-corrected chi connectivity index (χ1v) is 7.30. The van der Waals surface area contributed by atoms with Gasteiger partial charge in [0.25, 0.3) is 0 Å². The fourth-order valence-corrected chi connectivity index (χ4v) is 2.77. The summed E-state index contributed by atoms with van der Waals surface area (Å²) in [6.45, 7) is 1.83. The van der Waals surface area contributed by atoms with Crippen LogP contribution in [0, 0.1) is 0 Å². The fraction of sp³-hybridized carbons (Fsp3) is 0.571. The zero-order valence-corrected chi connectivity index (χ0v) is 13.0. The Bertz CT molecular complexity index is 751. The highest BCUT2D eigenvalue weighted by Gasteiger charge is 2.55. The molecule has 6 nitrogen and oxygen atoms in total. The molecule has 0 saturated carbocycles. The number of fused-ring (bicyclic) bond motifs is 3. The van der Waals surface area contributed by atoms with Gasteiger partial charge in [-0.05, 0) is 13.8 Å². The SMILES string of the molecule is C[C@H]1Cn2nc(OCCF)cc2-c2cnc([C@@](C)(O)C(F)(F)F)n21. The van der Waals surface area contributed by atoms with Gasteiger partial charge in [0.15, 0.2) is 5.82 Å². The van der Waals surface area contributed by atoms with Gasteiger partial charge in [-0.25, -0.2) is 9.37 Å². The van der Waals surface area contributed by atoms with Crippen LogP contribution in [-0.2, 0) is 12.1 Å². The molecule has 0 unspecified atom stereocenters. The lowest BCUT2D eigenvalue weighted by Gasteiger charge is -2.31. The minimum absolute atomic E-state index is 0.153. The molecular formula is C14H16F4N4O2. The number of hydrogen-bond acceptors (Lipinski definition) is 4. The Morgan fingerprint density at radius 1 is 1.38 bits per heavy atom. The molecule has 0 aliphatic carbocycles. The number of rotatable bonds is 4. The van der Waals surface area contributed by atoms with E-state index in [2.05, 4.69) is 10.1 Å². The third-order valence-electron chi connectivity index (χ3n) is 4.01. The van der Waals surface area contributed by atoms with Crippen molar-refractivity contribution in [2.45, 2.75) is 38.2 Å². The maximum absolute atomic E-state index is 13.2. The van der Waals surface area contributed by atoms with Gasteiger partial charge in [0.05, 0.1) is 30.2 Å². The number of aromatic nitrogens is 4. The Morgan fingerprint density at radius 3 is 2.71 bits per heavy atom. The van der Waals surface area contributed by atoms with Gasteiger partial charge in [-0.2, -0.15) is 13.2 Å². The number of nitrogens with zero attached hydrogens (tertiary/aromatic N) is 4. The van der Waals surface area contributed by atoms with Gasteiger partial charge in [0, 0.05) is 6.07 Å². The Hall–Kier alpha value is -2.10. The van der Waals surface area contributed by atoms with E-state index in [1.165, 1.54) is 16.8 Å². The maximum atomic E-state index is 13.2. The zero-order chi connectivity index (χ0) is 17.7. The number of alkyl halides is 4. The van der Waals surface area contributed by atoms with Gasteiger partial charge < -0.3 is 14.4 Å². The standard InChI is InChI=1S/C14H16F4N4O2/c1-8-7-21-9(5-11(20-21)24-4-3-15)10-6-19-12(22(8)10)13(2,23)14(16,17)18/h5-6,8,23H,3-4,7H2,1-2H3/t8-,13+/m0/s1. The number of halogens is 4. The molecule has 2 aromatic heterocycles. The van der Waals surface area contributed by atoms with E-state index in [4.69, 9.17) is 4.74 Å². The van der Waals surface area contributed by atoms with Crippen molar-refractivity contribution in [2.24, 2.45) is 0 Å². The van der Waals surface area contributed by atoms with Gasteiger partial charge in [0.2, 0.25) is 11.5 Å². The quantitative estimate of drug-likeness (QED) is 0.862. The fourth-order valence-electron chi connectivity index (χ4n) is 2.77. The second-order valence-corrected chi connectivity index (χ2v) is 5.84. The summed E-state index contributed by atoms with van der Waals surface area (Å²) in [7, 11) is 0. The molecule has 1 N–H and O–H groups in total. The third-order valence-corrected chi connectivity index (χ3v) is 4.01. The summed E-state index contributed by atoms with van der Waals surface area (Å²) in [6.07, 6.45) is -3.60. The van der Waals surface area contributed by atoms with Crippen LogP contribution in [0.2, 0.25) is 0 Å². The van der Waals surface area contributed by atoms with Crippen molar-refractivity contribution >= 4 is 0 Å². The number of ether oxygens (including phenoxy) is 1. The summed E-state index contributed by atoms with van der Waals surface area (Å²) >= 11 is 0. The van der Waals surface area contributed by atoms with Crippen LogP contribution in [0.5, 0.6) is 5.88 Å². The summed E-state index contributed by atoms with van der Waals surface area (Å²) in [6, 6.07) is 1.11. The monoisotopic (exact) mass is 348 g/mol.